The van der Waals surface area contributed by atoms with Gasteiger partial charge in [-0.1, -0.05) is 11.6 Å². The van der Waals surface area contributed by atoms with Crippen LogP contribution in [0.5, 0.6) is 0 Å². The standard InChI is InChI=1S/C14H12ClF2N3O3/c1-19(11-3-8(15)9(16)4-10(11)17)13(21)12-2-7(5-18)6-20(12)14(22)23/h3-4,7,12H,2,6H2,1H3,(H,22,23)/t7?,12-/m0/s1. The van der Waals surface area contributed by atoms with Gasteiger partial charge in [-0.05, 0) is 12.5 Å². The average molecular weight is 344 g/mol. The van der Waals surface area contributed by atoms with Crippen LogP contribution in [-0.2, 0) is 4.79 Å². The lowest BCUT2D eigenvalue weighted by Gasteiger charge is -2.26. The Hall–Kier alpha value is -2.40. The molecule has 2 rings (SSSR count). The Balaban J connectivity index is 2.31. The zero-order chi connectivity index (χ0) is 17.3. The molecule has 0 bridgehead atoms. The third-order valence-corrected chi connectivity index (χ3v) is 3.99. The molecular weight excluding hydrogens is 332 g/mol. The Morgan fingerprint density at radius 2 is 2.09 bits per heavy atom. The van der Waals surface area contributed by atoms with E-state index in [2.05, 4.69) is 0 Å². The molecule has 1 aromatic carbocycles. The average Bonchev–Trinajstić information content (AvgIpc) is 2.94. The Morgan fingerprint density at radius 1 is 1.43 bits per heavy atom. The summed E-state index contributed by atoms with van der Waals surface area (Å²) in [7, 11) is 1.23. The number of hydrogen-bond donors (Lipinski definition) is 1. The number of amides is 2. The molecule has 2 atom stereocenters. The predicted molar refractivity (Wildman–Crippen MR) is 77.0 cm³/mol. The fourth-order valence-corrected chi connectivity index (χ4v) is 2.64. The van der Waals surface area contributed by atoms with Crippen molar-refractivity contribution in [2.75, 3.05) is 18.5 Å². The van der Waals surface area contributed by atoms with Crippen LogP contribution >= 0.6 is 11.6 Å². The maximum Gasteiger partial charge on any atom is 0.408 e. The van der Waals surface area contributed by atoms with E-state index in [9.17, 15) is 18.4 Å². The summed E-state index contributed by atoms with van der Waals surface area (Å²) in [6, 6.07) is 2.31. The molecule has 1 heterocycles. The van der Waals surface area contributed by atoms with Crippen molar-refractivity contribution in [2.24, 2.45) is 5.92 Å². The van der Waals surface area contributed by atoms with Gasteiger partial charge in [-0.2, -0.15) is 5.26 Å². The number of hydrogen-bond acceptors (Lipinski definition) is 3. The summed E-state index contributed by atoms with van der Waals surface area (Å²) in [6.45, 7) is -0.0945. The first-order chi connectivity index (χ1) is 10.8. The molecule has 0 radical (unpaired) electrons. The van der Waals surface area contributed by atoms with E-state index in [0.717, 1.165) is 15.9 Å². The Labute approximate surface area is 135 Å². The Kier molecular flexibility index (Phi) is 4.71. The van der Waals surface area contributed by atoms with E-state index in [1.54, 1.807) is 0 Å². The molecule has 1 aliphatic heterocycles. The number of carboxylic acid groups (broad SMARTS) is 1. The summed E-state index contributed by atoms with van der Waals surface area (Å²) >= 11 is 5.59. The van der Waals surface area contributed by atoms with Crippen molar-refractivity contribution in [1.29, 1.82) is 5.26 Å². The molecule has 1 aliphatic rings. The topological polar surface area (TPSA) is 84.6 Å². The highest BCUT2D eigenvalue weighted by molar-refractivity contribution is 6.31. The van der Waals surface area contributed by atoms with Crippen molar-refractivity contribution >= 4 is 29.3 Å². The molecule has 0 spiro atoms. The molecule has 1 fully saturated rings. The summed E-state index contributed by atoms with van der Waals surface area (Å²) in [5.74, 6) is -3.30. The normalized spacial score (nSPS) is 20.2. The third kappa shape index (κ3) is 3.19. The van der Waals surface area contributed by atoms with Crippen molar-refractivity contribution in [1.82, 2.24) is 4.90 Å². The molecule has 1 N–H and O–H groups in total. The third-order valence-electron chi connectivity index (χ3n) is 3.70. The van der Waals surface area contributed by atoms with Crippen LogP contribution in [0.1, 0.15) is 6.42 Å². The SMILES string of the molecule is CN(C(=O)[C@@H]1CC(C#N)CN1C(=O)O)c1cc(Cl)c(F)cc1F. The molecule has 2 amide bonds. The number of anilines is 1. The van der Waals surface area contributed by atoms with E-state index in [0.29, 0.717) is 6.07 Å². The second-order valence-corrected chi connectivity index (χ2v) is 5.53. The van der Waals surface area contributed by atoms with Gasteiger partial charge in [0.1, 0.15) is 17.7 Å². The molecular formula is C14H12ClF2N3O3. The predicted octanol–water partition coefficient (Wildman–Crippen LogP) is 2.47. The highest BCUT2D eigenvalue weighted by atomic mass is 35.5. The minimum absolute atomic E-state index is 0.0164. The molecule has 122 valence electrons. The van der Waals surface area contributed by atoms with Gasteiger partial charge in [-0.15, -0.1) is 0 Å². The van der Waals surface area contributed by atoms with E-state index in [1.807, 2.05) is 6.07 Å². The van der Waals surface area contributed by atoms with E-state index in [1.165, 1.54) is 7.05 Å². The van der Waals surface area contributed by atoms with Gasteiger partial charge >= 0.3 is 6.09 Å². The van der Waals surface area contributed by atoms with Crippen molar-refractivity contribution in [3.63, 3.8) is 0 Å². The van der Waals surface area contributed by atoms with Crippen LogP contribution in [0.2, 0.25) is 5.02 Å². The molecule has 1 unspecified atom stereocenters. The number of carbonyl (C=O) groups is 2. The van der Waals surface area contributed by atoms with Gasteiger partial charge in [-0.3, -0.25) is 9.69 Å². The molecule has 0 aromatic heterocycles. The van der Waals surface area contributed by atoms with E-state index in [4.69, 9.17) is 22.0 Å². The maximum atomic E-state index is 13.9. The van der Waals surface area contributed by atoms with Crippen molar-refractivity contribution in [2.45, 2.75) is 12.5 Å². The second-order valence-electron chi connectivity index (χ2n) is 5.13. The lowest BCUT2D eigenvalue weighted by Crippen LogP contribution is -2.46. The first-order valence-electron chi connectivity index (χ1n) is 6.57. The number of nitriles is 1. The van der Waals surface area contributed by atoms with Gasteiger partial charge in [0.15, 0.2) is 0 Å². The minimum Gasteiger partial charge on any atom is -0.465 e. The number of likely N-dealkylation sites (tertiary alicyclic amines) is 1. The zero-order valence-corrected chi connectivity index (χ0v) is 12.7. The lowest BCUT2D eigenvalue weighted by molar-refractivity contribution is -0.122. The largest absolute Gasteiger partial charge is 0.465 e. The Morgan fingerprint density at radius 3 is 2.65 bits per heavy atom. The fraction of sp³-hybridized carbons (Fsp3) is 0.357. The van der Waals surface area contributed by atoms with Gasteiger partial charge < -0.3 is 10.0 Å². The van der Waals surface area contributed by atoms with Crippen molar-refractivity contribution < 1.29 is 23.5 Å². The summed E-state index contributed by atoms with van der Waals surface area (Å²) in [5.41, 5.74) is -0.271. The van der Waals surface area contributed by atoms with Crippen LogP contribution < -0.4 is 4.90 Å². The zero-order valence-electron chi connectivity index (χ0n) is 12.0. The Bertz CT molecular complexity index is 707. The van der Waals surface area contributed by atoms with Gasteiger partial charge in [0.05, 0.1) is 22.7 Å². The highest BCUT2D eigenvalue weighted by Gasteiger charge is 2.41. The number of rotatable bonds is 2. The van der Waals surface area contributed by atoms with Crippen LogP contribution in [0.15, 0.2) is 12.1 Å². The quantitative estimate of drug-likeness (QED) is 0.836. The molecule has 6 nitrogen and oxygen atoms in total. The van der Waals surface area contributed by atoms with Crippen molar-refractivity contribution in [3.8, 4) is 6.07 Å². The number of benzene rings is 1. The molecule has 0 saturated carbocycles. The summed E-state index contributed by atoms with van der Waals surface area (Å²) in [4.78, 5) is 25.4. The first kappa shape index (κ1) is 17.0. The molecule has 1 aromatic rings. The van der Waals surface area contributed by atoms with Crippen LogP contribution in [-0.4, -0.2) is 41.6 Å². The maximum absolute atomic E-state index is 13.9. The molecule has 1 saturated heterocycles. The molecule has 23 heavy (non-hydrogen) atoms. The van der Waals surface area contributed by atoms with Crippen LogP contribution in [0, 0.1) is 28.9 Å². The number of halogens is 3. The van der Waals surface area contributed by atoms with Gasteiger partial charge in [0.2, 0.25) is 5.91 Å². The van der Waals surface area contributed by atoms with Crippen LogP contribution in [0.3, 0.4) is 0 Å². The minimum atomic E-state index is -1.34. The van der Waals surface area contributed by atoms with Crippen LogP contribution in [0.4, 0.5) is 19.3 Å². The van der Waals surface area contributed by atoms with E-state index in [-0.39, 0.29) is 23.7 Å². The smallest absolute Gasteiger partial charge is 0.408 e. The highest BCUT2D eigenvalue weighted by Crippen LogP contribution is 2.29. The second kappa shape index (κ2) is 6.38. The number of carbonyl (C=O) groups excluding carboxylic acids is 1. The molecule has 0 aliphatic carbocycles. The van der Waals surface area contributed by atoms with Gasteiger partial charge in [-0.25, -0.2) is 13.6 Å². The van der Waals surface area contributed by atoms with Gasteiger partial charge in [0, 0.05) is 19.7 Å². The van der Waals surface area contributed by atoms with Gasteiger partial charge in [0.25, 0.3) is 0 Å². The number of nitrogens with zero attached hydrogens (tertiary/aromatic N) is 3. The van der Waals surface area contributed by atoms with E-state index < -0.39 is 35.6 Å². The summed E-state index contributed by atoms with van der Waals surface area (Å²) in [5, 5.41) is 17.7. The monoisotopic (exact) mass is 343 g/mol. The molecule has 9 heteroatoms. The lowest BCUT2D eigenvalue weighted by atomic mass is 10.1. The van der Waals surface area contributed by atoms with Crippen molar-refractivity contribution in [3.05, 3.63) is 28.8 Å². The van der Waals surface area contributed by atoms with Crippen LogP contribution in [0.25, 0.3) is 0 Å². The fourth-order valence-electron chi connectivity index (χ4n) is 2.49. The first-order valence-corrected chi connectivity index (χ1v) is 6.95. The summed E-state index contributed by atoms with van der Waals surface area (Å²) < 4.78 is 27.0. The summed E-state index contributed by atoms with van der Waals surface area (Å²) in [6.07, 6.45) is -1.32. The number of likely N-dealkylation sites (N-methyl/N-ethyl adjacent to an activating group) is 1. The van der Waals surface area contributed by atoms with E-state index >= 15 is 0 Å².